The summed E-state index contributed by atoms with van der Waals surface area (Å²) >= 11 is 0. The van der Waals surface area contributed by atoms with Gasteiger partial charge in [-0.3, -0.25) is 4.21 Å². The molecule has 102 valence electrons. The summed E-state index contributed by atoms with van der Waals surface area (Å²) in [6.45, 7) is 4.87. The minimum atomic E-state index is -0.756. The highest BCUT2D eigenvalue weighted by Gasteiger charge is 2.07. The van der Waals surface area contributed by atoms with Crippen molar-refractivity contribution in [2.75, 3.05) is 18.1 Å². The minimum Gasteiger partial charge on any atom is -0.370 e. The molecule has 2 atom stereocenters. The van der Waals surface area contributed by atoms with Crippen LogP contribution in [0.3, 0.4) is 0 Å². The number of anilines is 1. The molecule has 0 aliphatic heterocycles. The predicted octanol–water partition coefficient (Wildman–Crippen LogP) is 3.11. The van der Waals surface area contributed by atoms with Crippen LogP contribution in [-0.4, -0.2) is 27.2 Å². The third kappa shape index (κ3) is 3.53. The zero-order valence-electron chi connectivity index (χ0n) is 11.6. The molecule has 0 amide bonds. The second kappa shape index (κ2) is 6.15. The first-order valence-electron chi connectivity index (χ1n) is 6.50. The van der Waals surface area contributed by atoms with Crippen molar-refractivity contribution in [3.8, 4) is 0 Å². The Balaban J connectivity index is 2.08. The van der Waals surface area contributed by atoms with Gasteiger partial charge in [0.05, 0.1) is 5.52 Å². The van der Waals surface area contributed by atoms with Gasteiger partial charge in [0, 0.05) is 34.2 Å². The summed E-state index contributed by atoms with van der Waals surface area (Å²) in [5.74, 6) is 0.924. The van der Waals surface area contributed by atoms with E-state index in [1.54, 1.807) is 6.26 Å². The van der Waals surface area contributed by atoms with Crippen LogP contribution < -0.4 is 5.32 Å². The maximum Gasteiger partial charge on any atom is 0.129 e. The summed E-state index contributed by atoms with van der Waals surface area (Å²) in [5.41, 5.74) is 2.15. The molecule has 0 fully saturated rings. The highest BCUT2D eigenvalue weighted by Crippen LogP contribution is 2.19. The fourth-order valence-corrected chi connectivity index (χ4v) is 2.41. The number of hydrogen-bond donors (Lipinski definition) is 1. The minimum absolute atomic E-state index is 0.216. The molecule has 0 bridgehead atoms. The highest BCUT2D eigenvalue weighted by molar-refractivity contribution is 7.84. The molecular formula is C15H20N2OS. The van der Waals surface area contributed by atoms with E-state index in [0.29, 0.717) is 0 Å². The van der Waals surface area contributed by atoms with E-state index < -0.39 is 10.8 Å². The number of aryl methyl sites for hydroxylation is 1. The van der Waals surface area contributed by atoms with Gasteiger partial charge in [0.1, 0.15) is 5.82 Å². The van der Waals surface area contributed by atoms with Crippen molar-refractivity contribution < 1.29 is 4.21 Å². The van der Waals surface area contributed by atoms with E-state index in [1.165, 1.54) is 0 Å². The molecule has 1 heterocycles. The lowest BCUT2D eigenvalue weighted by molar-refractivity contribution is 0.672. The number of rotatable bonds is 5. The lowest BCUT2D eigenvalue weighted by Gasteiger charge is -2.12. The van der Waals surface area contributed by atoms with Gasteiger partial charge >= 0.3 is 0 Å². The number of para-hydroxylation sites is 1. The average Bonchev–Trinajstić information content (AvgIpc) is 2.39. The van der Waals surface area contributed by atoms with Crippen molar-refractivity contribution in [2.45, 2.75) is 25.5 Å². The van der Waals surface area contributed by atoms with E-state index in [9.17, 15) is 4.21 Å². The molecule has 1 aromatic heterocycles. The molecule has 0 saturated carbocycles. The van der Waals surface area contributed by atoms with Gasteiger partial charge in [0.25, 0.3) is 0 Å². The Morgan fingerprint density at radius 2 is 2.11 bits per heavy atom. The molecule has 1 aromatic carbocycles. The van der Waals surface area contributed by atoms with E-state index in [2.05, 4.69) is 29.4 Å². The van der Waals surface area contributed by atoms with Crippen molar-refractivity contribution in [3.05, 3.63) is 35.9 Å². The SMILES string of the molecule is Cc1cc2ccccc2nc1NCCC(C)S(C)=O. The van der Waals surface area contributed by atoms with E-state index >= 15 is 0 Å². The summed E-state index contributed by atoms with van der Waals surface area (Å²) in [6.07, 6.45) is 2.64. The lowest BCUT2D eigenvalue weighted by atomic mass is 10.1. The van der Waals surface area contributed by atoms with Crippen molar-refractivity contribution in [1.82, 2.24) is 4.98 Å². The largest absolute Gasteiger partial charge is 0.370 e. The third-order valence-corrected chi connectivity index (χ3v) is 4.69. The Hall–Kier alpha value is -1.42. The van der Waals surface area contributed by atoms with Crippen LogP contribution in [0.5, 0.6) is 0 Å². The Morgan fingerprint density at radius 1 is 1.37 bits per heavy atom. The number of hydrogen-bond acceptors (Lipinski definition) is 3. The first-order valence-corrected chi connectivity index (χ1v) is 8.12. The van der Waals surface area contributed by atoms with Gasteiger partial charge in [-0.15, -0.1) is 0 Å². The Kier molecular flexibility index (Phi) is 4.53. The van der Waals surface area contributed by atoms with Crippen LogP contribution >= 0.6 is 0 Å². The van der Waals surface area contributed by atoms with Crippen molar-refractivity contribution in [3.63, 3.8) is 0 Å². The average molecular weight is 276 g/mol. The topological polar surface area (TPSA) is 42.0 Å². The number of nitrogens with one attached hydrogen (secondary N) is 1. The smallest absolute Gasteiger partial charge is 0.129 e. The highest BCUT2D eigenvalue weighted by atomic mass is 32.2. The zero-order chi connectivity index (χ0) is 13.8. The van der Waals surface area contributed by atoms with Crippen molar-refractivity contribution in [2.24, 2.45) is 0 Å². The van der Waals surface area contributed by atoms with Crippen LogP contribution in [-0.2, 0) is 10.8 Å². The molecule has 0 aliphatic rings. The summed E-state index contributed by atoms with van der Waals surface area (Å²) < 4.78 is 11.3. The van der Waals surface area contributed by atoms with Gasteiger partial charge in [0.15, 0.2) is 0 Å². The summed E-state index contributed by atoms with van der Waals surface area (Å²) in [7, 11) is -0.756. The molecule has 0 aliphatic carbocycles. The van der Waals surface area contributed by atoms with Crippen LogP contribution in [0, 0.1) is 6.92 Å². The van der Waals surface area contributed by atoms with Gasteiger partial charge in [-0.05, 0) is 31.0 Å². The second-order valence-corrected chi connectivity index (χ2v) is 6.67. The summed E-state index contributed by atoms with van der Waals surface area (Å²) in [4.78, 5) is 4.63. The summed E-state index contributed by atoms with van der Waals surface area (Å²) in [6, 6.07) is 10.3. The Bertz CT molecular complexity index is 598. The predicted molar refractivity (Wildman–Crippen MR) is 83.1 cm³/mol. The molecule has 0 spiro atoms. The molecule has 1 N–H and O–H groups in total. The Labute approximate surface area is 116 Å². The monoisotopic (exact) mass is 276 g/mol. The molecule has 4 heteroatoms. The van der Waals surface area contributed by atoms with Gasteiger partial charge in [-0.2, -0.15) is 0 Å². The van der Waals surface area contributed by atoms with Crippen molar-refractivity contribution in [1.29, 1.82) is 0 Å². The number of benzene rings is 1. The molecule has 19 heavy (non-hydrogen) atoms. The molecule has 0 radical (unpaired) electrons. The van der Waals surface area contributed by atoms with E-state index in [-0.39, 0.29) is 5.25 Å². The maximum absolute atomic E-state index is 11.3. The first kappa shape index (κ1) is 14.0. The molecule has 2 aromatic rings. The number of pyridine rings is 1. The molecule has 2 rings (SSSR count). The number of fused-ring (bicyclic) bond motifs is 1. The zero-order valence-corrected chi connectivity index (χ0v) is 12.5. The van der Waals surface area contributed by atoms with E-state index in [0.717, 1.165) is 35.2 Å². The fraction of sp³-hybridized carbons (Fsp3) is 0.400. The molecular weight excluding hydrogens is 256 g/mol. The first-order chi connectivity index (χ1) is 9.08. The van der Waals surface area contributed by atoms with Gasteiger partial charge in [-0.25, -0.2) is 4.98 Å². The third-order valence-electron chi connectivity index (χ3n) is 3.32. The standard InChI is InChI=1S/C15H20N2OS/c1-11-10-13-6-4-5-7-14(13)17-15(11)16-9-8-12(2)19(3)18/h4-7,10,12H,8-9H2,1-3H3,(H,16,17). The normalized spacial score (nSPS) is 14.3. The van der Waals surface area contributed by atoms with E-state index in [1.807, 2.05) is 25.1 Å². The van der Waals surface area contributed by atoms with Gasteiger partial charge < -0.3 is 5.32 Å². The Morgan fingerprint density at radius 3 is 2.84 bits per heavy atom. The van der Waals surface area contributed by atoms with Gasteiger partial charge in [0.2, 0.25) is 0 Å². The summed E-state index contributed by atoms with van der Waals surface area (Å²) in [5, 5.41) is 4.72. The fourth-order valence-electron chi connectivity index (χ4n) is 1.96. The number of aromatic nitrogens is 1. The van der Waals surface area contributed by atoms with Crippen LogP contribution in [0.4, 0.5) is 5.82 Å². The van der Waals surface area contributed by atoms with Crippen molar-refractivity contribution >= 4 is 27.5 Å². The number of nitrogens with zero attached hydrogens (tertiary/aromatic N) is 1. The van der Waals surface area contributed by atoms with Crippen LogP contribution in [0.2, 0.25) is 0 Å². The van der Waals surface area contributed by atoms with Crippen LogP contribution in [0.15, 0.2) is 30.3 Å². The lowest BCUT2D eigenvalue weighted by Crippen LogP contribution is -2.15. The van der Waals surface area contributed by atoms with Gasteiger partial charge in [-0.1, -0.05) is 25.1 Å². The molecule has 3 nitrogen and oxygen atoms in total. The molecule has 2 unspecified atom stereocenters. The quantitative estimate of drug-likeness (QED) is 0.912. The maximum atomic E-state index is 11.3. The van der Waals surface area contributed by atoms with E-state index in [4.69, 9.17) is 0 Å². The van der Waals surface area contributed by atoms with Crippen LogP contribution in [0.25, 0.3) is 10.9 Å². The van der Waals surface area contributed by atoms with Crippen LogP contribution in [0.1, 0.15) is 18.9 Å². The second-order valence-electron chi connectivity index (χ2n) is 4.87. The molecule has 0 saturated heterocycles.